The number of hydrogen-bond acceptors (Lipinski definition) is 7. The molecule has 2 aromatic rings. The first-order valence-corrected chi connectivity index (χ1v) is 24.3. The van der Waals surface area contributed by atoms with E-state index < -0.39 is 16.4 Å². The van der Waals surface area contributed by atoms with Gasteiger partial charge < -0.3 is 20.1 Å². The molecule has 1 unspecified atom stereocenters. The largest absolute Gasteiger partial charge is 0.449 e. The second kappa shape index (κ2) is 12.9. The van der Waals surface area contributed by atoms with Gasteiger partial charge in [-0.1, -0.05) is 72.5 Å². The first kappa shape index (κ1) is 36.9. The van der Waals surface area contributed by atoms with Gasteiger partial charge >= 0.3 is 11.9 Å². The maximum Gasteiger partial charge on any atom is 0.339 e. The SMILES string of the molecule is C[C@@H]1CC2=C3[C@H]4C5=C6C[C@H](Cc7cccc(c7)CCCC[C@H]7[C@]68C(=O)O/C(=C/C[C@H](C)N6C[C@@H]9C[C@H](C6)[C@H](CC2)N3C9)[C@@]8(CC5)[C@]72OC(=O)c3c(CCCN)cccc32)[C@H]41. The Bertz CT molecular complexity index is 2330. The summed E-state index contributed by atoms with van der Waals surface area (Å²) in [7, 11) is 0. The molecule has 3 saturated heterocycles. The number of allylic oxidation sites excluding steroid dienone is 2. The van der Waals surface area contributed by atoms with Crippen LogP contribution in [0.15, 0.2) is 76.7 Å². The summed E-state index contributed by atoms with van der Waals surface area (Å²) in [4.78, 5) is 36.5. The average molecular weight is 806 g/mol. The Balaban J connectivity index is 1.10. The van der Waals surface area contributed by atoms with E-state index in [1.807, 2.05) is 0 Å². The van der Waals surface area contributed by atoms with Crippen LogP contribution in [0.4, 0.5) is 0 Å². The first-order valence-electron chi connectivity index (χ1n) is 24.3. The van der Waals surface area contributed by atoms with Gasteiger partial charge in [-0.25, -0.2) is 4.79 Å². The zero-order valence-corrected chi connectivity index (χ0v) is 35.9. The molecule has 15 bridgehead atoms. The number of piperidine rings is 2. The van der Waals surface area contributed by atoms with Crippen LogP contribution in [-0.4, -0.2) is 60.0 Å². The van der Waals surface area contributed by atoms with Crippen molar-refractivity contribution in [1.82, 2.24) is 9.80 Å². The molecule has 314 valence electrons. The summed E-state index contributed by atoms with van der Waals surface area (Å²) in [6.07, 6.45) is 17.3. The van der Waals surface area contributed by atoms with Crippen molar-refractivity contribution in [3.63, 3.8) is 0 Å². The van der Waals surface area contributed by atoms with Gasteiger partial charge in [-0.3, -0.25) is 9.69 Å². The van der Waals surface area contributed by atoms with Crippen LogP contribution in [-0.2, 0) is 39.1 Å². The molecular weight excluding hydrogens is 743 g/mol. The van der Waals surface area contributed by atoms with Crippen LogP contribution in [0.3, 0.4) is 0 Å². The minimum atomic E-state index is -0.961. The van der Waals surface area contributed by atoms with Crippen LogP contribution in [0.1, 0.15) is 124 Å². The van der Waals surface area contributed by atoms with E-state index in [1.165, 1.54) is 48.9 Å². The molecule has 9 heterocycles. The van der Waals surface area contributed by atoms with E-state index in [4.69, 9.17) is 15.2 Å². The zero-order chi connectivity index (χ0) is 40.3. The monoisotopic (exact) mass is 805 g/mol. The summed E-state index contributed by atoms with van der Waals surface area (Å²) in [6.45, 7) is 9.04. The number of ether oxygens (including phenoxy) is 2. The van der Waals surface area contributed by atoms with Crippen molar-refractivity contribution in [2.75, 3.05) is 26.2 Å². The van der Waals surface area contributed by atoms with Crippen LogP contribution >= 0.6 is 0 Å². The number of esters is 2. The topological polar surface area (TPSA) is 85.1 Å². The Morgan fingerprint density at radius 2 is 1.80 bits per heavy atom. The maximum atomic E-state index is 15.9. The van der Waals surface area contributed by atoms with Crippen LogP contribution in [0.25, 0.3) is 0 Å². The molecule has 0 radical (unpaired) electrons. The first-order chi connectivity index (χ1) is 29.3. The minimum absolute atomic E-state index is 0.0469. The quantitative estimate of drug-likeness (QED) is 0.245. The Morgan fingerprint density at radius 3 is 2.70 bits per heavy atom. The van der Waals surface area contributed by atoms with Gasteiger partial charge in [-0.2, -0.15) is 0 Å². The average Bonchev–Trinajstić information content (AvgIpc) is 3.69. The molecule has 7 nitrogen and oxygen atoms in total. The summed E-state index contributed by atoms with van der Waals surface area (Å²) < 4.78 is 14.3. The Hall–Kier alpha value is -3.68. The summed E-state index contributed by atoms with van der Waals surface area (Å²) in [5.74, 6) is 3.59. The molecule has 0 amide bonds. The second-order valence-electron chi connectivity index (χ2n) is 21.7. The third kappa shape index (κ3) is 4.45. The van der Waals surface area contributed by atoms with Gasteiger partial charge in [0.05, 0.1) is 11.0 Å². The Labute approximate surface area is 356 Å². The number of benzene rings is 2. The lowest BCUT2D eigenvalue weighted by Gasteiger charge is -2.72. The lowest BCUT2D eigenvalue weighted by atomic mass is 9.28. The number of fused-ring (bicyclic) bond motifs is 7. The molecule has 13 atom stereocenters. The highest BCUT2D eigenvalue weighted by molar-refractivity contribution is 6.00. The summed E-state index contributed by atoms with van der Waals surface area (Å²) >= 11 is 0. The van der Waals surface area contributed by atoms with Gasteiger partial charge in [-0.05, 0) is 156 Å². The van der Waals surface area contributed by atoms with Crippen LogP contribution in [0.2, 0.25) is 0 Å². The highest BCUT2D eigenvalue weighted by Crippen LogP contribution is 2.87. The Morgan fingerprint density at radius 1 is 0.917 bits per heavy atom. The number of nitrogens with zero attached hydrogens (tertiary/aromatic N) is 2. The fourth-order valence-electron chi connectivity index (χ4n) is 17.4. The van der Waals surface area contributed by atoms with E-state index in [0.717, 1.165) is 106 Å². The van der Waals surface area contributed by atoms with E-state index in [0.29, 0.717) is 54.1 Å². The van der Waals surface area contributed by atoms with E-state index in [2.05, 4.69) is 72.2 Å². The molecule has 2 N–H and O–H groups in total. The number of carbonyl (C=O) groups excluding carboxylic acids is 2. The third-order valence-electron chi connectivity index (χ3n) is 19.2. The maximum absolute atomic E-state index is 15.9. The molecule has 16 rings (SSSR count). The number of nitrogens with two attached hydrogens (primary N) is 1. The molecule has 7 heteroatoms. The predicted molar refractivity (Wildman–Crippen MR) is 230 cm³/mol. The second-order valence-corrected chi connectivity index (χ2v) is 21.7. The standard InChI is InChI=1S/C53H63N3O4/c1-30-22-36-16-17-42-38-25-34-27-55(29-38)31(2)15-18-44-51-20-19-39-41-26-37(45(30)47(39)48(36)56(42)28-34)24-33-10-5-9-32(23-33)8-3-4-14-43(52(41,51)50(58)59-44)53(51)40-13-6-11-35(12-7-21-54)46(40)49(57)60-53/h5-6,9-11,13,18,23,30-31,34,37-38,42-43,45,47H,3-4,7-8,12,14-17,19-22,24-29,54H2,1-2H3/b44-18+/t30-,31+,34+,37+,38-,42+,43+,45-,47+,51-,52+,53-/m1/s1. The van der Waals surface area contributed by atoms with Crippen LogP contribution in [0.5, 0.6) is 0 Å². The van der Waals surface area contributed by atoms with Crippen molar-refractivity contribution in [2.45, 2.75) is 128 Å². The normalized spacial score (nSPS) is 43.7. The van der Waals surface area contributed by atoms with Crippen molar-refractivity contribution >= 4 is 11.9 Å². The molecule has 3 spiro atoms. The number of carbonyl (C=O) groups is 2. The summed E-state index contributed by atoms with van der Waals surface area (Å²) in [5, 5.41) is 0. The van der Waals surface area contributed by atoms with E-state index in [1.54, 1.807) is 16.8 Å². The van der Waals surface area contributed by atoms with Crippen molar-refractivity contribution in [1.29, 1.82) is 0 Å². The molecule has 2 aromatic carbocycles. The van der Waals surface area contributed by atoms with Gasteiger partial charge in [0.1, 0.15) is 11.2 Å². The van der Waals surface area contributed by atoms with Gasteiger partial charge in [0.15, 0.2) is 5.60 Å². The molecule has 5 aliphatic carbocycles. The lowest BCUT2D eigenvalue weighted by molar-refractivity contribution is -0.278. The van der Waals surface area contributed by atoms with Gasteiger partial charge in [0.2, 0.25) is 0 Å². The van der Waals surface area contributed by atoms with Crippen LogP contribution < -0.4 is 5.73 Å². The van der Waals surface area contributed by atoms with Gasteiger partial charge in [0, 0.05) is 54.8 Å². The zero-order valence-electron chi connectivity index (χ0n) is 35.9. The van der Waals surface area contributed by atoms with Crippen molar-refractivity contribution in [2.24, 2.45) is 58.0 Å². The highest BCUT2D eigenvalue weighted by Gasteiger charge is 2.92. The van der Waals surface area contributed by atoms with Crippen molar-refractivity contribution in [3.05, 3.63) is 105 Å². The Kier molecular flexibility index (Phi) is 7.96. The highest BCUT2D eigenvalue weighted by atomic mass is 16.6. The van der Waals surface area contributed by atoms with Gasteiger partial charge in [-0.15, -0.1) is 0 Å². The van der Waals surface area contributed by atoms with Crippen molar-refractivity contribution < 1.29 is 19.1 Å². The lowest BCUT2D eigenvalue weighted by Crippen LogP contribution is -2.77. The number of rotatable bonds is 3. The smallest absolute Gasteiger partial charge is 0.339 e. The van der Waals surface area contributed by atoms with Crippen molar-refractivity contribution in [3.8, 4) is 0 Å². The number of aryl methyl sites for hydroxylation is 2. The third-order valence-corrected chi connectivity index (χ3v) is 19.2. The molecular formula is C53H63N3O4. The number of hydrogen-bond donors (Lipinski definition) is 1. The fraction of sp³-hybridized carbons (Fsp3) is 0.623. The molecule has 0 aromatic heterocycles. The fourth-order valence-corrected chi connectivity index (χ4v) is 17.4. The molecule has 9 aliphatic heterocycles. The molecule has 60 heavy (non-hydrogen) atoms. The van der Waals surface area contributed by atoms with E-state index in [9.17, 15) is 4.79 Å². The van der Waals surface area contributed by atoms with Gasteiger partial charge in [0.25, 0.3) is 0 Å². The molecule has 4 fully saturated rings. The van der Waals surface area contributed by atoms with E-state index >= 15 is 4.79 Å². The summed E-state index contributed by atoms with van der Waals surface area (Å²) in [6, 6.07) is 16.9. The summed E-state index contributed by atoms with van der Waals surface area (Å²) in [5.41, 5.74) is 15.6. The molecule has 1 saturated carbocycles. The predicted octanol–water partition coefficient (Wildman–Crippen LogP) is 8.80. The van der Waals surface area contributed by atoms with Crippen LogP contribution in [0, 0.1) is 52.3 Å². The minimum Gasteiger partial charge on any atom is -0.449 e. The molecule has 14 aliphatic rings. The van der Waals surface area contributed by atoms with E-state index in [-0.39, 0.29) is 17.9 Å².